The van der Waals surface area contributed by atoms with Crippen molar-refractivity contribution in [3.8, 4) is 0 Å². The minimum atomic E-state index is -6.20. The zero-order chi connectivity index (χ0) is 27.4. The minimum absolute atomic E-state index is 0.197. The van der Waals surface area contributed by atoms with Gasteiger partial charge < -0.3 is 19.5 Å². The highest BCUT2D eigenvalue weighted by molar-refractivity contribution is 7.86. The zero-order valence-corrected chi connectivity index (χ0v) is 22.4. The van der Waals surface area contributed by atoms with Crippen molar-refractivity contribution in [2.24, 2.45) is 28.6 Å². The van der Waals surface area contributed by atoms with Crippen molar-refractivity contribution >= 4 is 16.1 Å². The van der Waals surface area contributed by atoms with Gasteiger partial charge in [-0.05, 0) is 69.6 Å². The summed E-state index contributed by atoms with van der Waals surface area (Å²) in [6, 6.07) is 0. The molecule has 0 amide bonds. The molecule has 0 heterocycles. The topological polar surface area (TPSA) is 124 Å². The SMILES string of the molecule is CCC(O)(CC)C12CC3CC(C1)C(C(=O)OCCC(F)C(F)(F)S(=O)(=O)[O-])C(C(O)(CC)CC)(C3)C2. The molecule has 7 nitrogen and oxygen atoms in total. The van der Waals surface area contributed by atoms with Crippen LogP contribution in [0.2, 0.25) is 0 Å². The Morgan fingerprint density at radius 3 is 2.11 bits per heavy atom. The van der Waals surface area contributed by atoms with Crippen molar-refractivity contribution in [3.63, 3.8) is 0 Å². The molecule has 11 heteroatoms. The summed E-state index contributed by atoms with van der Waals surface area (Å²) in [6.07, 6.45) is 0.492. The third-order valence-electron chi connectivity index (χ3n) is 10.2. The van der Waals surface area contributed by atoms with Crippen molar-refractivity contribution in [1.82, 2.24) is 0 Å². The summed E-state index contributed by atoms with van der Waals surface area (Å²) in [5.41, 5.74) is -3.54. The molecule has 0 saturated heterocycles. The number of esters is 1. The fourth-order valence-corrected chi connectivity index (χ4v) is 8.83. The van der Waals surface area contributed by atoms with Crippen LogP contribution in [0.3, 0.4) is 0 Å². The number of alkyl halides is 3. The summed E-state index contributed by atoms with van der Waals surface area (Å²) in [6.45, 7) is 6.77. The number of carbonyl (C=O) groups is 1. The Balaban J connectivity index is 1.91. The molecule has 4 bridgehead atoms. The molecule has 6 unspecified atom stereocenters. The van der Waals surface area contributed by atoms with E-state index in [1.165, 1.54) is 0 Å². The molecule has 210 valence electrons. The van der Waals surface area contributed by atoms with Gasteiger partial charge in [0.2, 0.25) is 0 Å². The molecule has 0 aliphatic heterocycles. The summed E-state index contributed by atoms with van der Waals surface area (Å²) >= 11 is 0. The van der Waals surface area contributed by atoms with Crippen LogP contribution in [-0.2, 0) is 19.6 Å². The number of hydrogen-bond acceptors (Lipinski definition) is 7. The van der Waals surface area contributed by atoms with Crippen LogP contribution >= 0.6 is 0 Å². The lowest BCUT2D eigenvalue weighted by Gasteiger charge is -2.71. The smallest absolute Gasteiger partial charge is 0.364 e. The molecule has 4 rings (SSSR count). The summed E-state index contributed by atoms with van der Waals surface area (Å²) in [5, 5.41) is 18.5. The Kier molecular flexibility index (Phi) is 7.97. The summed E-state index contributed by atoms with van der Waals surface area (Å²) in [4.78, 5) is 13.5. The van der Waals surface area contributed by atoms with Gasteiger partial charge in [0.1, 0.15) is 0 Å². The zero-order valence-electron chi connectivity index (χ0n) is 21.6. The van der Waals surface area contributed by atoms with Crippen molar-refractivity contribution in [1.29, 1.82) is 0 Å². The van der Waals surface area contributed by atoms with Crippen LogP contribution in [0.5, 0.6) is 0 Å². The van der Waals surface area contributed by atoms with Gasteiger partial charge in [-0.2, -0.15) is 8.78 Å². The third kappa shape index (κ3) is 4.29. The van der Waals surface area contributed by atoms with E-state index in [1.54, 1.807) is 0 Å². The average Bonchev–Trinajstić information content (AvgIpc) is 2.81. The molecule has 2 N–H and O–H groups in total. The van der Waals surface area contributed by atoms with E-state index in [1.807, 2.05) is 27.7 Å². The first-order valence-corrected chi connectivity index (χ1v) is 14.5. The number of halogens is 3. The van der Waals surface area contributed by atoms with Crippen LogP contribution < -0.4 is 0 Å². The second kappa shape index (κ2) is 9.68. The summed E-state index contributed by atoms with van der Waals surface area (Å²) in [7, 11) is -6.20. The molecule has 36 heavy (non-hydrogen) atoms. The molecule has 4 fully saturated rings. The average molecular weight is 542 g/mol. The van der Waals surface area contributed by atoms with Crippen LogP contribution in [-0.4, -0.2) is 58.4 Å². The van der Waals surface area contributed by atoms with Gasteiger partial charge in [0.05, 0.1) is 23.7 Å². The third-order valence-corrected chi connectivity index (χ3v) is 11.1. The van der Waals surface area contributed by atoms with Crippen LogP contribution in [0.25, 0.3) is 0 Å². The molecule has 0 spiro atoms. The Labute approximate surface area is 211 Å². The maximum absolute atomic E-state index is 13.9. The Morgan fingerprint density at radius 1 is 1.06 bits per heavy atom. The largest absolute Gasteiger partial charge is 0.743 e. The number of rotatable bonds is 12. The number of ether oxygens (including phenoxy) is 1. The van der Waals surface area contributed by atoms with Gasteiger partial charge in [-0.3, -0.25) is 4.79 Å². The van der Waals surface area contributed by atoms with Crippen LogP contribution in [0.1, 0.15) is 91.9 Å². The molecule has 4 aliphatic rings. The first kappa shape index (κ1) is 29.6. The van der Waals surface area contributed by atoms with E-state index in [2.05, 4.69) is 0 Å². The molecular formula is C25H40F3O7S-. The molecule has 0 aromatic heterocycles. The van der Waals surface area contributed by atoms with Crippen molar-refractivity contribution in [3.05, 3.63) is 0 Å². The van der Waals surface area contributed by atoms with Gasteiger partial charge in [0.25, 0.3) is 0 Å². The second-order valence-corrected chi connectivity index (χ2v) is 12.9. The van der Waals surface area contributed by atoms with Gasteiger partial charge in [-0.1, -0.05) is 27.7 Å². The lowest BCUT2D eigenvalue weighted by Crippen LogP contribution is -2.71. The fraction of sp³-hybridized carbons (Fsp3) is 0.960. The molecule has 4 aliphatic carbocycles. The standard InChI is InChI=1S/C25H41F3O7S/c1-5-23(30,6-2)21-12-16-11-17(14-21)19(22(13-16,15-21)24(31,7-3)8-4)20(29)35-10-9-18(26)25(27,28)36(32,33)34/h16-19,30-31H,5-15H2,1-4H3,(H,32,33,34)/p-1. The molecule has 4 saturated carbocycles. The van der Waals surface area contributed by atoms with E-state index in [0.717, 1.165) is 6.42 Å². The molecule has 0 aromatic carbocycles. The first-order chi connectivity index (χ1) is 16.5. The summed E-state index contributed by atoms with van der Waals surface area (Å²) < 4.78 is 78.2. The highest BCUT2D eigenvalue weighted by Gasteiger charge is 2.72. The van der Waals surface area contributed by atoms with Crippen molar-refractivity contribution < 1.29 is 45.9 Å². The highest BCUT2D eigenvalue weighted by Crippen LogP contribution is 2.74. The molecule has 6 atom stereocenters. The van der Waals surface area contributed by atoms with Gasteiger partial charge in [0, 0.05) is 17.3 Å². The van der Waals surface area contributed by atoms with Gasteiger partial charge in [0.15, 0.2) is 16.3 Å². The molecule has 0 radical (unpaired) electrons. The lowest BCUT2D eigenvalue weighted by molar-refractivity contribution is -0.280. The number of aliphatic hydroxyl groups is 2. The lowest BCUT2D eigenvalue weighted by atomic mass is 9.34. The van der Waals surface area contributed by atoms with E-state index in [9.17, 15) is 41.1 Å². The normalized spacial score (nSPS) is 33.6. The molecular weight excluding hydrogens is 501 g/mol. The fourth-order valence-electron chi connectivity index (χ4n) is 8.40. The summed E-state index contributed by atoms with van der Waals surface area (Å²) in [5.74, 6) is -1.47. The number of carbonyl (C=O) groups excluding carboxylic acids is 1. The van der Waals surface area contributed by atoms with Crippen molar-refractivity contribution in [2.45, 2.75) is 115 Å². The van der Waals surface area contributed by atoms with Gasteiger partial charge in [-0.25, -0.2) is 12.8 Å². The van der Waals surface area contributed by atoms with E-state index in [0.29, 0.717) is 51.4 Å². The van der Waals surface area contributed by atoms with E-state index >= 15 is 0 Å². The van der Waals surface area contributed by atoms with Crippen LogP contribution in [0.4, 0.5) is 13.2 Å². The minimum Gasteiger partial charge on any atom is -0.743 e. The Morgan fingerprint density at radius 2 is 1.61 bits per heavy atom. The monoisotopic (exact) mass is 541 g/mol. The van der Waals surface area contributed by atoms with E-state index in [-0.39, 0.29) is 11.8 Å². The van der Waals surface area contributed by atoms with Crippen LogP contribution in [0.15, 0.2) is 0 Å². The Bertz CT molecular complexity index is 934. The predicted molar refractivity (Wildman–Crippen MR) is 125 cm³/mol. The predicted octanol–water partition coefficient (Wildman–Crippen LogP) is 4.31. The van der Waals surface area contributed by atoms with E-state index < -0.39 is 68.5 Å². The maximum atomic E-state index is 13.9. The van der Waals surface area contributed by atoms with E-state index in [4.69, 9.17) is 4.74 Å². The highest BCUT2D eigenvalue weighted by atomic mass is 32.2. The Hall–Kier alpha value is -0.910. The van der Waals surface area contributed by atoms with Gasteiger partial charge in [-0.15, -0.1) is 0 Å². The second-order valence-electron chi connectivity index (χ2n) is 11.5. The van der Waals surface area contributed by atoms with Crippen LogP contribution in [0, 0.1) is 28.6 Å². The van der Waals surface area contributed by atoms with Crippen molar-refractivity contribution in [2.75, 3.05) is 6.61 Å². The first-order valence-electron chi connectivity index (χ1n) is 13.1. The number of hydrogen-bond donors (Lipinski definition) is 2. The quantitative estimate of drug-likeness (QED) is 0.279. The molecule has 0 aromatic rings. The maximum Gasteiger partial charge on any atom is 0.364 e. The van der Waals surface area contributed by atoms with Gasteiger partial charge >= 0.3 is 11.2 Å².